The summed E-state index contributed by atoms with van der Waals surface area (Å²) in [5.74, 6) is -0.0346. The molecule has 0 atom stereocenters. The molecule has 0 saturated heterocycles. The molecule has 0 spiro atoms. The van der Waals surface area contributed by atoms with E-state index >= 15 is 0 Å². The second-order valence-corrected chi connectivity index (χ2v) is 5.98. The minimum absolute atomic E-state index is 0.0346. The van der Waals surface area contributed by atoms with Gasteiger partial charge >= 0.3 is 0 Å². The molecule has 0 unspecified atom stereocenters. The number of carbonyl (C=O) groups excluding carboxylic acids is 1. The first-order valence-corrected chi connectivity index (χ1v) is 6.49. The summed E-state index contributed by atoms with van der Waals surface area (Å²) in [6.45, 7) is 6.63. The number of hydrogen-bond acceptors (Lipinski definition) is 2. The third-order valence-electron chi connectivity index (χ3n) is 2.13. The van der Waals surface area contributed by atoms with E-state index in [1.807, 2.05) is 26.8 Å². The second kappa shape index (κ2) is 6.41. The molecule has 3 nitrogen and oxygen atoms in total. The molecular formula is C13H18Cl2N2O. The number of carbonyl (C=O) groups is 1. The third kappa shape index (κ3) is 5.71. The van der Waals surface area contributed by atoms with E-state index in [9.17, 15) is 4.79 Å². The molecule has 0 aliphatic heterocycles. The van der Waals surface area contributed by atoms with Gasteiger partial charge in [-0.25, -0.2) is 0 Å². The largest absolute Gasteiger partial charge is 0.350 e. The van der Waals surface area contributed by atoms with Gasteiger partial charge in [0, 0.05) is 22.1 Å². The van der Waals surface area contributed by atoms with Crippen molar-refractivity contribution in [2.45, 2.75) is 32.9 Å². The highest BCUT2D eigenvalue weighted by atomic mass is 35.5. The van der Waals surface area contributed by atoms with E-state index in [1.165, 1.54) is 0 Å². The maximum Gasteiger partial charge on any atom is 0.234 e. The molecule has 5 heteroatoms. The van der Waals surface area contributed by atoms with Crippen LogP contribution in [0.3, 0.4) is 0 Å². The zero-order valence-corrected chi connectivity index (χ0v) is 12.3. The predicted molar refractivity (Wildman–Crippen MR) is 76.1 cm³/mol. The lowest BCUT2D eigenvalue weighted by Gasteiger charge is -2.20. The normalized spacial score (nSPS) is 11.4. The Morgan fingerprint density at radius 3 is 2.50 bits per heavy atom. The Labute approximate surface area is 118 Å². The van der Waals surface area contributed by atoms with E-state index in [0.29, 0.717) is 16.6 Å². The van der Waals surface area contributed by atoms with Crippen molar-refractivity contribution in [2.24, 2.45) is 0 Å². The number of nitrogens with one attached hydrogen (secondary N) is 2. The number of hydrogen-bond donors (Lipinski definition) is 2. The molecule has 2 N–H and O–H groups in total. The lowest BCUT2D eigenvalue weighted by atomic mass is 10.1. The Bertz CT molecular complexity index is 427. The summed E-state index contributed by atoms with van der Waals surface area (Å²) in [6, 6.07) is 5.31. The van der Waals surface area contributed by atoms with Gasteiger partial charge < -0.3 is 10.6 Å². The van der Waals surface area contributed by atoms with Gasteiger partial charge in [-0.15, -0.1) is 0 Å². The summed E-state index contributed by atoms with van der Waals surface area (Å²) in [5, 5.41) is 7.13. The van der Waals surface area contributed by atoms with Crippen molar-refractivity contribution in [3.05, 3.63) is 33.8 Å². The van der Waals surface area contributed by atoms with Crippen molar-refractivity contribution in [3.8, 4) is 0 Å². The zero-order chi connectivity index (χ0) is 13.8. The van der Waals surface area contributed by atoms with Gasteiger partial charge in [-0.1, -0.05) is 29.3 Å². The van der Waals surface area contributed by atoms with Gasteiger partial charge in [0.15, 0.2) is 0 Å². The Balaban J connectivity index is 2.40. The van der Waals surface area contributed by atoms with E-state index in [1.54, 1.807) is 12.1 Å². The first-order valence-electron chi connectivity index (χ1n) is 5.73. The zero-order valence-electron chi connectivity index (χ0n) is 10.8. The molecule has 1 aromatic rings. The number of rotatable bonds is 4. The standard InChI is InChI=1S/C13H18Cl2N2O/c1-13(2,3)17-12(18)8-16-7-9-4-5-10(14)6-11(9)15/h4-6,16H,7-8H2,1-3H3,(H,17,18). The lowest BCUT2D eigenvalue weighted by molar-refractivity contribution is -0.121. The van der Waals surface area contributed by atoms with Crippen LogP contribution in [0.25, 0.3) is 0 Å². The molecule has 0 saturated carbocycles. The highest BCUT2D eigenvalue weighted by molar-refractivity contribution is 6.35. The van der Waals surface area contributed by atoms with Crippen molar-refractivity contribution in [3.63, 3.8) is 0 Å². The fourth-order valence-electron chi connectivity index (χ4n) is 1.44. The van der Waals surface area contributed by atoms with E-state index in [-0.39, 0.29) is 18.0 Å². The second-order valence-electron chi connectivity index (χ2n) is 5.14. The average Bonchev–Trinajstić information content (AvgIpc) is 2.18. The lowest BCUT2D eigenvalue weighted by Crippen LogP contribution is -2.44. The van der Waals surface area contributed by atoms with Crippen LogP contribution in [0.2, 0.25) is 10.0 Å². The van der Waals surface area contributed by atoms with E-state index < -0.39 is 0 Å². The van der Waals surface area contributed by atoms with Gasteiger partial charge in [-0.3, -0.25) is 4.79 Å². The molecular weight excluding hydrogens is 271 g/mol. The number of benzene rings is 1. The molecule has 1 aromatic carbocycles. The minimum Gasteiger partial charge on any atom is -0.350 e. The van der Waals surface area contributed by atoms with Gasteiger partial charge in [0.2, 0.25) is 5.91 Å². The van der Waals surface area contributed by atoms with Crippen LogP contribution in [0.15, 0.2) is 18.2 Å². The summed E-state index contributed by atoms with van der Waals surface area (Å²) < 4.78 is 0. The number of halogens is 2. The summed E-state index contributed by atoms with van der Waals surface area (Å²) in [5.41, 5.74) is 0.709. The maximum absolute atomic E-state index is 11.6. The van der Waals surface area contributed by atoms with Crippen LogP contribution in [0.5, 0.6) is 0 Å². The van der Waals surface area contributed by atoms with Gasteiger partial charge in [-0.2, -0.15) is 0 Å². The molecule has 0 aliphatic carbocycles. The molecule has 0 bridgehead atoms. The van der Waals surface area contributed by atoms with Crippen molar-refractivity contribution >= 4 is 29.1 Å². The average molecular weight is 289 g/mol. The molecule has 1 rings (SSSR count). The van der Waals surface area contributed by atoms with Crippen LogP contribution in [0.1, 0.15) is 26.3 Å². The summed E-state index contributed by atoms with van der Waals surface area (Å²) >= 11 is 11.8. The van der Waals surface area contributed by atoms with Gasteiger partial charge in [0.05, 0.1) is 6.54 Å². The van der Waals surface area contributed by atoms with Gasteiger partial charge in [0.25, 0.3) is 0 Å². The van der Waals surface area contributed by atoms with Crippen LogP contribution in [0.4, 0.5) is 0 Å². The van der Waals surface area contributed by atoms with Crippen molar-refractivity contribution in [2.75, 3.05) is 6.54 Å². The molecule has 0 fully saturated rings. The fourth-order valence-corrected chi connectivity index (χ4v) is 1.91. The minimum atomic E-state index is -0.212. The molecule has 0 radical (unpaired) electrons. The predicted octanol–water partition coefficient (Wildman–Crippen LogP) is 3.00. The fraction of sp³-hybridized carbons (Fsp3) is 0.462. The Morgan fingerprint density at radius 1 is 1.28 bits per heavy atom. The quantitative estimate of drug-likeness (QED) is 0.894. The molecule has 0 aromatic heterocycles. The third-order valence-corrected chi connectivity index (χ3v) is 2.72. The number of amides is 1. The summed E-state index contributed by atoms with van der Waals surface area (Å²) in [6.07, 6.45) is 0. The molecule has 1 amide bonds. The van der Waals surface area contributed by atoms with Crippen LogP contribution < -0.4 is 10.6 Å². The Kier molecular flexibility index (Phi) is 5.45. The summed E-state index contributed by atoms with van der Waals surface area (Å²) in [7, 11) is 0. The van der Waals surface area contributed by atoms with Crippen LogP contribution in [0, 0.1) is 0 Å². The van der Waals surface area contributed by atoms with Crippen molar-refractivity contribution in [1.82, 2.24) is 10.6 Å². The maximum atomic E-state index is 11.6. The van der Waals surface area contributed by atoms with Crippen molar-refractivity contribution in [1.29, 1.82) is 0 Å². The highest BCUT2D eigenvalue weighted by Crippen LogP contribution is 2.20. The topological polar surface area (TPSA) is 41.1 Å². The van der Waals surface area contributed by atoms with Crippen molar-refractivity contribution < 1.29 is 4.79 Å². The first kappa shape index (κ1) is 15.3. The van der Waals surface area contributed by atoms with Crippen LogP contribution in [-0.2, 0) is 11.3 Å². The van der Waals surface area contributed by atoms with Crippen LogP contribution >= 0.6 is 23.2 Å². The monoisotopic (exact) mass is 288 g/mol. The molecule has 0 heterocycles. The first-order chi connectivity index (χ1) is 8.28. The van der Waals surface area contributed by atoms with Crippen LogP contribution in [-0.4, -0.2) is 18.0 Å². The SMILES string of the molecule is CC(C)(C)NC(=O)CNCc1ccc(Cl)cc1Cl. The van der Waals surface area contributed by atoms with Gasteiger partial charge in [0.1, 0.15) is 0 Å². The highest BCUT2D eigenvalue weighted by Gasteiger charge is 2.13. The smallest absolute Gasteiger partial charge is 0.234 e. The molecule has 100 valence electrons. The van der Waals surface area contributed by atoms with E-state index in [4.69, 9.17) is 23.2 Å². The van der Waals surface area contributed by atoms with E-state index in [2.05, 4.69) is 10.6 Å². The Hall–Kier alpha value is -0.770. The summed E-state index contributed by atoms with van der Waals surface area (Å²) in [4.78, 5) is 11.6. The van der Waals surface area contributed by atoms with Gasteiger partial charge in [-0.05, 0) is 38.5 Å². The molecule has 0 aliphatic rings. The van der Waals surface area contributed by atoms with E-state index in [0.717, 1.165) is 5.56 Å². The Morgan fingerprint density at radius 2 is 1.94 bits per heavy atom. The molecule has 18 heavy (non-hydrogen) atoms.